The molecule has 0 bridgehead atoms. The molecule has 15 heavy (non-hydrogen) atoms. The third kappa shape index (κ3) is 3.02. The van der Waals surface area contributed by atoms with Crippen LogP contribution in [0, 0.1) is 12.3 Å². The van der Waals surface area contributed by atoms with Gasteiger partial charge in [-0.05, 0) is 18.9 Å². The van der Waals surface area contributed by atoms with E-state index in [1.807, 2.05) is 31.2 Å². The van der Waals surface area contributed by atoms with Crippen molar-refractivity contribution < 1.29 is 15.3 Å². The van der Waals surface area contributed by atoms with Crippen LogP contribution in [-0.2, 0) is 6.42 Å². The molecule has 0 aliphatic heterocycles. The summed E-state index contributed by atoms with van der Waals surface area (Å²) in [7, 11) is 0. The van der Waals surface area contributed by atoms with Crippen molar-refractivity contribution in [2.24, 2.45) is 5.41 Å². The largest absolute Gasteiger partial charge is 0.396 e. The summed E-state index contributed by atoms with van der Waals surface area (Å²) in [6.07, 6.45) is 0.483. The Kier molecular flexibility index (Phi) is 4.27. The van der Waals surface area contributed by atoms with Gasteiger partial charge in [0.15, 0.2) is 0 Å². The van der Waals surface area contributed by atoms with E-state index in [2.05, 4.69) is 0 Å². The second kappa shape index (κ2) is 5.26. The van der Waals surface area contributed by atoms with Crippen molar-refractivity contribution in [2.45, 2.75) is 13.3 Å². The topological polar surface area (TPSA) is 60.7 Å². The van der Waals surface area contributed by atoms with Crippen LogP contribution in [0.1, 0.15) is 11.1 Å². The smallest absolute Gasteiger partial charge is 0.0534 e. The van der Waals surface area contributed by atoms with Gasteiger partial charge in [-0.25, -0.2) is 0 Å². The van der Waals surface area contributed by atoms with E-state index in [0.29, 0.717) is 6.42 Å². The van der Waals surface area contributed by atoms with Gasteiger partial charge in [-0.1, -0.05) is 29.8 Å². The van der Waals surface area contributed by atoms with Gasteiger partial charge in [0.05, 0.1) is 19.8 Å². The number of hydrogen-bond donors (Lipinski definition) is 3. The van der Waals surface area contributed by atoms with Gasteiger partial charge in [0.2, 0.25) is 0 Å². The molecule has 0 aliphatic rings. The number of aliphatic hydroxyl groups excluding tert-OH is 3. The molecule has 0 saturated carbocycles. The van der Waals surface area contributed by atoms with E-state index >= 15 is 0 Å². The van der Waals surface area contributed by atoms with Gasteiger partial charge in [-0.15, -0.1) is 0 Å². The molecule has 0 aromatic heterocycles. The van der Waals surface area contributed by atoms with E-state index in [9.17, 15) is 15.3 Å². The van der Waals surface area contributed by atoms with Crippen molar-refractivity contribution in [3.63, 3.8) is 0 Å². The summed E-state index contributed by atoms with van der Waals surface area (Å²) in [5, 5.41) is 27.5. The molecule has 3 N–H and O–H groups in total. The SMILES string of the molecule is Cc1ccc(CC(CO)(CO)CO)cc1. The fourth-order valence-electron chi connectivity index (χ4n) is 1.46. The van der Waals surface area contributed by atoms with Gasteiger partial charge in [0.1, 0.15) is 0 Å². The van der Waals surface area contributed by atoms with Crippen molar-refractivity contribution in [1.29, 1.82) is 0 Å². The van der Waals surface area contributed by atoms with Crippen LogP contribution in [0.4, 0.5) is 0 Å². The van der Waals surface area contributed by atoms with E-state index in [1.165, 1.54) is 5.56 Å². The molecular formula is C12H18O3. The molecule has 0 amide bonds. The number of rotatable bonds is 5. The van der Waals surface area contributed by atoms with E-state index in [-0.39, 0.29) is 19.8 Å². The predicted molar refractivity (Wildman–Crippen MR) is 58.6 cm³/mol. The Labute approximate surface area is 90.0 Å². The van der Waals surface area contributed by atoms with Crippen LogP contribution < -0.4 is 0 Å². The molecule has 0 heterocycles. The van der Waals surface area contributed by atoms with Gasteiger partial charge >= 0.3 is 0 Å². The van der Waals surface area contributed by atoms with Crippen molar-refractivity contribution in [1.82, 2.24) is 0 Å². The van der Waals surface area contributed by atoms with Crippen molar-refractivity contribution in [3.8, 4) is 0 Å². The Hall–Kier alpha value is -0.900. The Morgan fingerprint density at radius 1 is 0.933 bits per heavy atom. The first kappa shape index (κ1) is 12.2. The number of aryl methyl sites for hydroxylation is 1. The maximum absolute atomic E-state index is 9.17. The summed E-state index contributed by atoms with van der Waals surface area (Å²) in [6.45, 7) is 1.36. The molecule has 3 nitrogen and oxygen atoms in total. The lowest BCUT2D eigenvalue weighted by Crippen LogP contribution is -2.36. The average Bonchev–Trinajstić information content (AvgIpc) is 2.29. The molecule has 1 aromatic carbocycles. The Morgan fingerprint density at radius 3 is 1.80 bits per heavy atom. The summed E-state index contributed by atoms with van der Waals surface area (Å²) in [5.74, 6) is 0. The van der Waals surface area contributed by atoms with E-state index in [4.69, 9.17) is 0 Å². The lowest BCUT2D eigenvalue weighted by Gasteiger charge is -2.27. The van der Waals surface area contributed by atoms with E-state index in [0.717, 1.165) is 5.56 Å². The zero-order chi connectivity index (χ0) is 11.3. The quantitative estimate of drug-likeness (QED) is 0.663. The normalized spacial score (nSPS) is 11.7. The lowest BCUT2D eigenvalue weighted by atomic mass is 9.84. The van der Waals surface area contributed by atoms with Gasteiger partial charge in [-0.2, -0.15) is 0 Å². The van der Waals surface area contributed by atoms with Gasteiger partial charge in [0, 0.05) is 5.41 Å². The minimum Gasteiger partial charge on any atom is -0.396 e. The number of benzene rings is 1. The monoisotopic (exact) mass is 210 g/mol. The Morgan fingerprint density at radius 2 is 1.40 bits per heavy atom. The maximum atomic E-state index is 9.17. The second-order valence-electron chi connectivity index (χ2n) is 4.14. The summed E-state index contributed by atoms with van der Waals surface area (Å²) in [6, 6.07) is 7.86. The highest BCUT2D eigenvalue weighted by molar-refractivity contribution is 5.22. The third-order valence-electron chi connectivity index (χ3n) is 2.71. The van der Waals surface area contributed by atoms with E-state index in [1.54, 1.807) is 0 Å². The zero-order valence-corrected chi connectivity index (χ0v) is 8.98. The Bertz CT molecular complexity index is 280. The molecule has 1 aromatic rings. The minimum absolute atomic E-state index is 0.214. The summed E-state index contributed by atoms with van der Waals surface area (Å²) < 4.78 is 0. The molecule has 0 atom stereocenters. The lowest BCUT2D eigenvalue weighted by molar-refractivity contribution is 0.00599. The second-order valence-corrected chi connectivity index (χ2v) is 4.14. The molecule has 1 rings (SSSR count). The van der Waals surface area contributed by atoms with Crippen LogP contribution in [0.25, 0.3) is 0 Å². The van der Waals surface area contributed by atoms with Crippen LogP contribution in [0.2, 0.25) is 0 Å². The van der Waals surface area contributed by atoms with Gasteiger partial charge in [0.25, 0.3) is 0 Å². The van der Waals surface area contributed by atoms with Crippen LogP contribution in [0.5, 0.6) is 0 Å². The highest BCUT2D eigenvalue weighted by Crippen LogP contribution is 2.21. The average molecular weight is 210 g/mol. The predicted octanol–water partition coefficient (Wildman–Crippen LogP) is 0.501. The van der Waals surface area contributed by atoms with Crippen molar-refractivity contribution >= 4 is 0 Å². The van der Waals surface area contributed by atoms with Crippen LogP contribution >= 0.6 is 0 Å². The molecule has 0 radical (unpaired) electrons. The molecule has 0 spiro atoms. The minimum atomic E-state index is -0.810. The summed E-state index contributed by atoms with van der Waals surface area (Å²) >= 11 is 0. The first-order chi connectivity index (χ1) is 7.15. The number of aliphatic hydroxyl groups is 3. The van der Waals surface area contributed by atoms with Gasteiger partial charge < -0.3 is 15.3 Å². The molecule has 3 heteroatoms. The molecule has 0 fully saturated rings. The van der Waals surface area contributed by atoms with Crippen molar-refractivity contribution in [2.75, 3.05) is 19.8 Å². The van der Waals surface area contributed by atoms with Gasteiger partial charge in [-0.3, -0.25) is 0 Å². The number of hydrogen-bond acceptors (Lipinski definition) is 3. The van der Waals surface area contributed by atoms with Crippen molar-refractivity contribution in [3.05, 3.63) is 35.4 Å². The van der Waals surface area contributed by atoms with Crippen LogP contribution in [0.15, 0.2) is 24.3 Å². The molecular weight excluding hydrogens is 192 g/mol. The summed E-state index contributed by atoms with van der Waals surface area (Å²) in [5.41, 5.74) is 1.37. The van der Waals surface area contributed by atoms with Crippen LogP contribution in [0.3, 0.4) is 0 Å². The van der Waals surface area contributed by atoms with Crippen LogP contribution in [-0.4, -0.2) is 35.1 Å². The zero-order valence-electron chi connectivity index (χ0n) is 8.98. The highest BCUT2D eigenvalue weighted by Gasteiger charge is 2.28. The molecule has 0 aliphatic carbocycles. The first-order valence-corrected chi connectivity index (χ1v) is 5.04. The molecule has 84 valence electrons. The fourth-order valence-corrected chi connectivity index (χ4v) is 1.46. The fraction of sp³-hybridized carbons (Fsp3) is 0.500. The van der Waals surface area contributed by atoms with E-state index < -0.39 is 5.41 Å². The highest BCUT2D eigenvalue weighted by atomic mass is 16.3. The molecule has 0 unspecified atom stereocenters. The third-order valence-corrected chi connectivity index (χ3v) is 2.71. The standard InChI is InChI=1S/C12H18O3/c1-10-2-4-11(5-3-10)6-12(7-13,8-14)9-15/h2-5,13-15H,6-9H2,1H3. The molecule has 0 saturated heterocycles. The summed E-state index contributed by atoms with van der Waals surface area (Å²) in [4.78, 5) is 0. The first-order valence-electron chi connectivity index (χ1n) is 5.04. The Balaban J connectivity index is 2.78. The maximum Gasteiger partial charge on any atom is 0.0534 e.